The van der Waals surface area contributed by atoms with Crippen LogP contribution in [0.15, 0.2) is 18.2 Å². The van der Waals surface area contributed by atoms with Crippen LogP contribution >= 0.6 is 23.2 Å². The molecule has 12 heavy (non-hydrogen) atoms. The fraction of sp³-hybridized carbons (Fsp3) is 0.250. The molecule has 0 amide bonds. The van der Waals surface area contributed by atoms with Gasteiger partial charge in [-0.25, -0.2) is 0 Å². The van der Waals surface area contributed by atoms with E-state index >= 15 is 0 Å². The molecule has 1 aromatic rings. The van der Waals surface area contributed by atoms with E-state index in [4.69, 9.17) is 33.0 Å². The summed E-state index contributed by atoms with van der Waals surface area (Å²) >= 11 is 11.3. The molecule has 68 valence electrons. The van der Waals surface area contributed by atoms with Crippen molar-refractivity contribution in [2.75, 3.05) is 14.2 Å². The lowest BCUT2D eigenvalue weighted by atomic mass is 10.3. The normalized spacial score (nSPS) is 8.42. The Morgan fingerprint density at radius 3 is 1.83 bits per heavy atom. The maximum Gasteiger partial charge on any atom is 0.121 e. The average molecular weight is 209 g/mol. The van der Waals surface area contributed by atoms with Crippen molar-refractivity contribution in [3.05, 3.63) is 28.2 Å². The summed E-state index contributed by atoms with van der Waals surface area (Å²) in [5.74, 6) is 0.678. The summed E-state index contributed by atoms with van der Waals surface area (Å²) in [4.78, 5) is 0. The lowest BCUT2D eigenvalue weighted by Crippen LogP contribution is -1.81. The van der Waals surface area contributed by atoms with Gasteiger partial charge in [0, 0.05) is 17.2 Å². The van der Waals surface area contributed by atoms with Gasteiger partial charge in [0.1, 0.15) is 5.75 Å². The molecule has 0 bridgehead atoms. The molecule has 1 N–H and O–H groups in total. The van der Waals surface area contributed by atoms with E-state index in [1.807, 2.05) is 0 Å². The van der Waals surface area contributed by atoms with Crippen LogP contribution in [0, 0.1) is 0 Å². The summed E-state index contributed by atoms with van der Waals surface area (Å²) in [6.07, 6.45) is 0. The molecule has 0 atom stereocenters. The first-order valence-corrected chi connectivity index (χ1v) is 3.93. The Morgan fingerprint density at radius 1 is 1.08 bits per heavy atom. The molecule has 0 unspecified atom stereocenters. The zero-order valence-electron chi connectivity index (χ0n) is 6.84. The second kappa shape index (κ2) is 6.12. The topological polar surface area (TPSA) is 29.5 Å². The van der Waals surface area contributed by atoms with Gasteiger partial charge >= 0.3 is 0 Å². The highest BCUT2D eigenvalue weighted by Crippen LogP contribution is 2.23. The van der Waals surface area contributed by atoms with E-state index in [0.717, 1.165) is 7.11 Å². The highest BCUT2D eigenvalue weighted by atomic mass is 35.5. The molecule has 0 spiro atoms. The van der Waals surface area contributed by atoms with Gasteiger partial charge in [0.2, 0.25) is 0 Å². The molecular formula is C8H10Cl2O2. The van der Waals surface area contributed by atoms with Crippen LogP contribution in [-0.4, -0.2) is 19.3 Å². The SMILES string of the molecule is CO.COc1cc(Cl)cc(Cl)c1. The van der Waals surface area contributed by atoms with Crippen LogP contribution in [0.25, 0.3) is 0 Å². The van der Waals surface area contributed by atoms with E-state index < -0.39 is 0 Å². The highest BCUT2D eigenvalue weighted by Gasteiger charge is 1.95. The van der Waals surface area contributed by atoms with Gasteiger partial charge in [-0.3, -0.25) is 0 Å². The van der Waals surface area contributed by atoms with Crippen molar-refractivity contribution in [3.8, 4) is 5.75 Å². The van der Waals surface area contributed by atoms with Crippen molar-refractivity contribution in [3.63, 3.8) is 0 Å². The van der Waals surface area contributed by atoms with Crippen LogP contribution in [0.2, 0.25) is 10.0 Å². The molecule has 0 radical (unpaired) electrons. The summed E-state index contributed by atoms with van der Waals surface area (Å²) in [6, 6.07) is 5.06. The first kappa shape index (κ1) is 11.6. The summed E-state index contributed by atoms with van der Waals surface area (Å²) in [5.41, 5.74) is 0. The zero-order chi connectivity index (χ0) is 9.56. The molecule has 1 rings (SSSR count). The van der Waals surface area contributed by atoms with E-state index in [0.29, 0.717) is 15.8 Å². The average Bonchev–Trinajstić information content (AvgIpc) is 2.06. The van der Waals surface area contributed by atoms with Crippen molar-refractivity contribution in [2.45, 2.75) is 0 Å². The first-order valence-electron chi connectivity index (χ1n) is 3.17. The smallest absolute Gasteiger partial charge is 0.121 e. The molecule has 0 saturated heterocycles. The van der Waals surface area contributed by atoms with Gasteiger partial charge in [-0.2, -0.15) is 0 Å². The van der Waals surface area contributed by atoms with Crippen molar-refractivity contribution in [1.29, 1.82) is 0 Å². The minimum atomic E-state index is 0.587. The van der Waals surface area contributed by atoms with Crippen LogP contribution in [0.3, 0.4) is 0 Å². The van der Waals surface area contributed by atoms with Crippen LogP contribution < -0.4 is 4.74 Å². The molecule has 0 aromatic heterocycles. The number of hydrogen-bond acceptors (Lipinski definition) is 2. The number of halogens is 2. The van der Waals surface area contributed by atoms with E-state index in [2.05, 4.69) is 0 Å². The molecule has 0 aliphatic heterocycles. The van der Waals surface area contributed by atoms with Crippen molar-refractivity contribution < 1.29 is 9.84 Å². The van der Waals surface area contributed by atoms with E-state index in [9.17, 15) is 0 Å². The molecule has 0 aliphatic carbocycles. The third-order valence-electron chi connectivity index (χ3n) is 1.07. The fourth-order valence-corrected chi connectivity index (χ4v) is 1.15. The van der Waals surface area contributed by atoms with E-state index in [-0.39, 0.29) is 0 Å². The predicted octanol–water partition coefficient (Wildman–Crippen LogP) is 2.61. The lowest BCUT2D eigenvalue weighted by Gasteiger charge is -1.99. The minimum Gasteiger partial charge on any atom is -0.497 e. The minimum absolute atomic E-state index is 0.587. The lowest BCUT2D eigenvalue weighted by molar-refractivity contribution is 0.399. The Labute approximate surface area is 81.7 Å². The van der Waals surface area contributed by atoms with Crippen LogP contribution in [0.4, 0.5) is 0 Å². The number of hydrogen-bond donors (Lipinski definition) is 1. The van der Waals surface area contributed by atoms with Gasteiger partial charge in [0.05, 0.1) is 7.11 Å². The fourth-order valence-electron chi connectivity index (χ4n) is 0.646. The Morgan fingerprint density at radius 2 is 1.50 bits per heavy atom. The zero-order valence-corrected chi connectivity index (χ0v) is 8.36. The molecule has 4 heteroatoms. The van der Waals surface area contributed by atoms with Gasteiger partial charge in [-0.15, -0.1) is 0 Å². The monoisotopic (exact) mass is 208 g/mol. The number of methoxy groups -OCH3 is 1. The largest absolute Gasteiger partial charge is 0.497 e. The molecule has 2 nitrogen and oxygen atoms in total. The number of aliphatic hydroxyl groups is 1. The second-order valence-electron chi connectivity index (χ2n) is 1.81. The van der Waals surface area contributed by atoms with Crippen molar-refractivity contribution in [1.82, 2.24) is 0 Å². The summed E-state index contributed by atoms with van der Waals surface area (Å²) < 4.78 is 4.91. The van der Waals surface area contributed by atoms with Gasteiger partial charge in [-0.1, -0.05) is 23.2 Å². The maximum absolute atomic E-state index is 7.00. The Balaban J connectivity index is 0.000000561. The quantitative estimate of drug-likeness (QED) is 0.770. The summed E-state index contributed by atoms with van der Waals surface area (Å²) in [7, 11) is 2.57. The number of ether oxygens (including phenoxy) is 1. The van der Waals surface area contributed by atoms with Crippen LogP contribution in [0.5, 0.6) is 5.75 Å². The van der Waals surface area contributed by atoms with E-state index in [1.54, 1.807) is 25.3 Å². The Bertz CT molecular complexity index is 218. The van der Waals surface area contributed by atoms with Crippen LogP contribution in [0.1, 0.15) is 0 Å². The number of rotatable bonds is 1. The van der Waals surface area contributed by atoms with E-state index in [1.165, 1.54) is 0 Å². The van der Waals surface area contributed by atoms with Crippen molar-refractivity contribution >= 4 is 23.2 Å². The van der Waals surface area contributed by atoms with Gasteiger partial charge in [-0.05, 0) is 18.2 Å². The second-order valence-corrected chi connectivity index (χ2v) is 2.68. The summed E-state index contributed by atoms with van der Waals surface area (Å²) in [6.45, 7) is 0. The molecule has 1 aromatic carbocycles. The third-order valence-corrected chi connectivity index (χ3v) is 1.51. The van der Waals surface area contributed by atoms with Gasteiger partial charge < -0.3 is 9.84 Å². The predicted molar refractivity (Wildman–Crippen MR) is 51.2 cm³/mol. The number of benzene rings is 1. The first-order chi connectivity index (χ1) is 5.72. The summed E-state index contributed by atoms with van der Waals surface area (Å²) in [5, 5.41) is 8.17. The molecule has 0 fully saturated rings. The maximum atomic E-state index is 7.00. The Hall–Kier alpha value is -0.440. The number of aliphatic hydroxyl groups excluding tert-OH is 1. The molecule has 0 aliphatic rings. The molecule has 0 heterocycles. The van der Waals surface area contributed by atoms with Gasteiger partial charge in [0.15, 0.2) is 0 Å². The van der Waals surface area contributed by atoms with Crippen molar-refractivity contribution in [2.24, 2.45) is 0 Å². The molecular weight excluding hydrogens is 199 g/mol. The van der Waals surface area contributed by atoms with Gasteiger partial charge in [0.25, 0.3) is 0 Å². The highest BCUT2D eigenvalue weighted by molar-refractivity contribution is 6.34. The standard InChI is InChI=1S/C7H6Cl2O.CH4O/c1-10-7-3-5(8)2-6(9)4-7;1-2/h2-4H,1H3;2H,1H3. The van der Waals surface area contributed by atoms with Crippen LogP contribution in [-0.2, 0) is 0 Å². The third kappa shape index (κ3) is 3.81. The molecule has 0 saturated carbocycles. The Kier molecular flexibility index (Phi) is 5.89.